The maximum atomic E-state index is 13.4. The highest BCUT2D eigenvalue weighted by Gasteiger charge is 2.37. The first-order valence-corrected chi connectivity index (χ1v) is 13.0. The zero-order valence-electron chi connectivity index (χ0n) is 20.2. The van der Waals surface area contributed by atoms with E-state index in [0.717, 1.165) is 23.5 Å². The van der Waals surface area contributed by atoms with Crippen LogP contribution < -0.4 is 15.6 Å². The number of carboxylic acids is 1. The summed E-state index contributed by atoms with van der Waals surface area (Å²) in [5, 5.41) is 17.6. The number of aromatic carboxylic acids is 1. The number of fused-ring (bicyclic) bond motifs is 1. The number of aromatic nitrogens is 4. The lowest BCUT2D eigenvalue weighted by molar-refractivity contribution is -0.142. The van der Waals surface area contributed by atoms with Gasteiger partial charge in [-0.15, -0.1) is 0 Å². The number of carboxylic acid groups (broad SMARTS) is 1. The topological polar surface area (TPSA) is 176 Å². The van der Waals surface area contributed by atoms with Gasteiger partial charge in [-0.3, -0.25) is 0 Å². The van der Waals surface area contributed by atoms with Gasteiger partial charge in [0.2, 0.25) is 10.0 Å². The molecule has 0 saturated heterocycles. The molecular formula is C21H18F6N6O5S2. The van der Waals surface area contributed by atoms with Gasteiger partial charge in [-0.1, -0.05) is 17.4 Å². The van der Waals surface area contributed by atoms with Crippen LogP contribution in [0.15, 0.2) is 34.7 Å². The molecule has 0 aliphatic heterocycles. The summed E-state index contributed by atoms with van der Waals surface area (Å²) in [7, 11) is -3.64. The molecule has 0 amide bonds. The van der Waals surface area contributed by atoms with E-state index in [1.54, 1.807) is 6.92 Å². The summed E-state index contributed by atoms with van der Waals surface area (Å²) >= 11 is 0.875. The largest absolute Gasteiger partial charge is 0.493 e. The number of halogens is 6. The Morgan fingerprint density at radius 3 is 2.23 bits per heavy atom. The van der Waals surface area contributed by atoms with Crippen LogP contribution in [-0.4, -0.2) is 45.7 Å². The average molecular weight is 613 g/mol. The number of ether oxygens (including phenoxy) is 1. The molecule has 0 aliphatic rings. The Kier molecular flexibility index (Phi) is 8.32. The third kappa shape index (κ3) is 6.59. The molecule has 5 N–H and O–H groups in total. The zero-order chi connectivity index (χ0) is 30.2. The van der Waals surface area contributed by atoms with Crippen molar-refractivity contribution in [3.05, 3.63) is 53.0 Å². The number of anilines is 1. The highest BCUT2D eigenvalue weighted by atomic mass is 32.2. The monoisotopic (exact) mass is 612 g/mol. The van der Waals surface area contributed by atoms with Gasteiger partial charge < -0.3 is 15.6 Å². The number of nitrogens with two attached hydrogens (primary N) is 2. The van der Waals surface area contributed by atoms with Gasteiger partial charge in [-0.25, -0.2) is 32.8 Å². The summed E-state index contributed by atoms with van der Waals surface area (Å²) in [4.78, 5) is 18.9. The van der Waals surface area contributed by atoms with Crippen molar-refractivity contribution in [1.82, 2.24) is 19.6 Å². The fourth-order valence-electron chi connectivity index (χ4n) is 3.32. The standard InChI is InChI=1S/C17H11F6N3O3.C4H7N3O2S2/c1-2-29-12-5-8(3-4-10(12)16(18,19)20)11-6-13(17(21,22)23)26-14(25-11)9(7-24-26)15(27)28;1-2-3(11(6,8)9)10-4(5)7-2/h3-7H,2H2,1H3,(H,27,28);1H3,(H2,5,7)(H2,6,8,9). The van der Waals surface area contributed by atoms with Gasteiger partial charge in [0.1, 0.15) is 11.3 Å². The van der Waals surface area contributed by atoms with Crippen LogP contribution in [-0.2, 0) is 22.4 Å². The van der Waals surface area contributed by atoms with Gasteiger partial charge in [-0.2, -0.15) is 31.4 Å². The third-order valence-electron chi connectivity index (χ3n) is 4.90. The lowest BCUT2D eigenvalue weighted by atomic mass is 10.1. The molecule has 1 aromatic carbocycles. The van der Waals surface area contributed by atoms with Gasteiger partial charge in [0, 0.05) is 5.56 Å². The fraction of sp³-hybridized carbons (Fsp3) is 0.238. The number of hydrogen-bond donors (Lipinski definition) is 3. The average Bonchev–Trinajstić information content (AvgIpc) is 3.40. The van der Waals surface area contributed by atoms with Gasteiger partial charge in [0.25, 0.3) is 0 Å². The molecule has 19 heteroatoms. The van der Waals surface area contributed by atoms with Crippen molar-refractivity contribution in [2.24, 2.45) is 5.14 Å². The van der Waals surface area contributed by atoms with E-state index in [1.807, 2.05) is 0 Å². The van der Waals surface area contributed by atoms with Gasteiger partial charge in [0.05, 0.1) is 29.8 Å². The number of sulfonamides is 1. The van der Waals surface area contributed by atoms with Crippen molar-refractivity contribution < 1.29 is 49.4 Å². The summed E-state index contributed by atoms with van der Waals surface area (Å²) in [6.45, 7) is 2.88. The number of thiazole rings is 1. The minimum atomic E-state index is -4.92. The lowest BCUT2D eigenvalue weighted by Crippen LogP contribution is -2.14. The second-order valence-electron chi connectivity index (χ2n) is 7.73. The number of aryl methyl sites for hydroxylation is 1. The van der Waals surface area contributed by atoms with Crippen molar-refractivity contribution in [3.8, 4) is 17.0 Å². The van der Waals surface area contributed by atoms with Crippen LogP contribution in [0.3, 0.4) is 0 Å². The van der Waals surface area contributed by atoms with Gasteiger partial charge >= 0.3 is 18.3 Å². The molecule has 0 fully saturated rings. The maximum Gasteiger partial charge on any atom is 0.433 e. The third-order valence-corrected chi connectivity index (χ3v) is 7.44. The van der Waals surface area contributed by atoms with Gasteiger partial charge in [-0.05, 0) is 32.0 Å². The minimum Gasteiger partial charge on any atom is -0.493 e. The normalized spacial score (nSPS) is 12.2. The molecule has 0 radical (unpaired) electrons. The number of rotatable bonds is 5. The van der Waals surface area contributed by atoms with Crippen LogP contribution in [0.25, 0.3) is 16.9 Å². The van der Waals surface area contributed by atoms with E-state index in [1.165, 1.54) is 6.92 Å². The Hall–Kier alpha value is -3.97. The van der Waals surface area contributed by atoms with E-state index in [-0.39, 0.29) is 27.2 Å². The number of carbonyl (C=O) groups is 1. The molecule has 0 spiro atoms. The second kappa shape index (κ2) is 10.9. The SMILES string of the molecule is CCOc1cc(-c2cc(C(F)(F)F)n3ncc(C(=O)O)c3n2)ccc1C(F)(F)F.Cc1nc(N)sc1S(N)(=O)=O. The molecule has 0 saturated carbocycles. The first-order valence-electron chi connectivity index (χ1n) is 10.6. The number of alkyl halides is 6. The van der Waals surface area contributed by atoms with E-state index in [4.69, 9.17) is 20.7 Å². The molecule has 11 nitrogen and oxygen atoms in total. The van der Waals surface area contributed by atoms with E-state index in [0.29, 0.717) is 28.5 Å². The van der Waals surface area contributed by atoms with Gasteiger partial charge in [0.15, 0.2) is 20.7 Å². The molecular weight excluding hydrogens is 594 g/mol. The Balaban J connectivity index is 0.000000336. The van der Waals surface area contributed by atoms with E-state index >= 15 is 0 Å². The van der Waals surface area contributed by atoms with Crippen molar-refractivity contribution >= 4 is 38.1 Å². The van der Waals surface area contributed by atoms with E-state index < -0.39 is 56.6 Å². The fourth-order valence-corrected chi connectivity index (χ4v) is 5.06. The molecule has 4 rings (SSSR count). The number of nitrogens with zero attached hydrogens (tertiary/aromatic N) is 4. The predicted octanol–water partition coefficient (Wildman–Crippen LogP) is 4.21. The number of primary sulfonamides is 1. The minimum absolute atomic E-state index is 0.0370. The molecule has 0 bridgehead atoms. The van der Waals surface area contributed by atoms with Crippen molar-refractivity contribution in [3.63, 3.8) is 0 Å². The first-order chi connectivity index (χ1) is 18.3. The summed E-state index contributed by atoms with van der Waals surface area (Å²) in [6, 6.07) is 3.07. The molecule has 0 aliphatic carbocycles. The van der Waals surface area contributed by atoms with Crippen LogP contribution >= 0.6 is 11.3 Å². The molecule has 3 heterocycles. The molecule has 0 unspecified atom stereocenters. The number of hydrogen-bond acceptors (Lipinski definition) is 9. The molecule has 216 valence electrons. The number of nitrogen functional groups attached to an aromatic ring is 1. The molecule has 3 aromatic heterocycles. The second-order valence-corrected chi connectivity index (χ2v) is 10.5. The van der Waals surface area contributed by atoms with Crippen LogP contribution in [0.4, 0.5) is 31.5 Å². The molecule has 4 aromatic rings. The van der Waals surface area contributed by atoms with E-state index in [2.05, 4.69) is 15.1 Å². The van der Waals surface area contributed by atoms with E-state index in [9.17, 15) is 39.6 Å². The first kappa shape index (κ1) is 30.6. The number of benzene rings is 1. The van der Waals surface area contributed by atoms with Crippen molar-refractivity contribution in [2.45, 2.75) is 30.4 Å². The van der Waals surface area contributed by atoms with Crippen molar-refractivity contribution in [2.75, 3.05) is 12.3 Å². The Morgan fingerprint density at radius 1 is 1.12 bits per heavy atom. The smallest absolute Gasteiger partial charge is 0.433 e. The Labute approximate surface area is 225 Å². The maximum absolute atomic E-state index is 13.4. The van der Waals surface area contributed by atoms with Crippen LogP contribution in [0.5, 0.6) is 5.75 Å². The van der Waals surface area contributed by atoms with Crippen LogP contribution in [0, 0.1) is 6.92 Å². The zero-order valence-corrected chi connectivity index (χ0v) is 21.8. The highest BCUT2D eigenvalue weighted by Crippen LogP contribution is 2.39. The summed E-state index contributed by atoms with van der Waals surface area (Å²) < 4.78 is 106. The predicted molar refractivity (Wildman–Crippen MR) is 129 cm³/mol. The molecule has 0 atom stereocenters. The summed E-state index contributed by atoms with van der Waals surface area (Å²) in [6.07, 6.45) is -8.95. The summed E-state index contributed by atoms with van der Waals surface area (Å²) in [5.41, 5.74) is 1.50. The van der Waals surface area contributed by atoms with Crippen LogP contribution in [0.1, 0.15) is 34.2 Å². The lowest BCUT2D eigenvalue weighted by Gasteiger charge is -2.15. The quantitative estimate of drug-likeness (QED) is 0.279. The van der Waals surface area contributed by atoms with Crippen LogP contribution in [0.2, 0.25) is 0 Å². The summed E-state index contributed by atoms with van der Waals surface area (Å²) in [5.74, 6) is -2.14. The Morgan fingerprint density at radius 2 is 1.77 bits per heavy atom. The Bertz CT molecular complexity index is 1680. The highest BCUT2D eigenvalue weighted by molar-refractivity contribution is 7.91. The van der Waals surface area contributed by atoms with Crippen molar-refractivity contribution in [1.29, 1.82) is 0 Å². The molecule has 40 heavy (non-hydrogen) atoms.